The summed E-state index contributed by atoms with van der Waals surface area (Å²) in [5, 5.41) is 10.6. The van der Waals surface area contributed by atoms with Crippen LogP contribution in [0.3, 0.4) is 0 Å². The van der Waals surface area contributed by atoms with Crippen molar-refractivity contribution in [2.24, 2.45) is 23.7 Å². The van der Waals surface area contributed by atoms with Crippen LogP contribution in [0.2, 0.25) is 0 Å². The number of phosphoric ester groups is 2. The van der Waals surface area contributed by atoms with E-state index in [0.29, 0.717) is 37.5 Å². The molecule has 4 unspecified atom stereocenters. The molecule has 0 fully saturated rings. The third-order valence-electron chi connectivity index (χ3n) is 18.9. The maximum absolute atomic E-state index is 13.1. The molecule has 0 rings (SSSR count). The lowest BCUT2D eigenvalue weighted by atomic mass is 9.99. The van der Waals surface area contributed by atoms with Gasteiger partial charge in [0, 0.05) is 25.7 Å². The summed E-state index contributed by atoms with van der Waals surface area (Å²) in [6, 6.07) is 0. The van der Waals surface area contributed by atoms with Crippen molar-refractivity contribution in [3.8, 4) is 0 Å². The molecule has 0 aromatic heterocycles. The first-order valence-electron chi connectivity index (χ1n) is 41.2. The molecule has 0 spiro atoms. The molecule has 99 heavy (non-hydrogen) atoms. The Hall–Kier alpha value is -1.94. The summed E-state index contributed by atoms with van der Waals surface area (Å²) in [7, 11) is -9.92. The maximum atomic E-state index is 13.1. The molecule has 6 atom stereocenters. The number of carbonyl (C=O) groups is 4. The second-order valence-electron chi connectivity index (χ2n) is 30.5. The van der Waals surface area contributed by atoms with Crippen molar-refractivity contribution in [3.63, 3.8) is 0 Å². The Morgan fingerprint density at radius 2 is 0.485 bits per heavy atom. The normalized spacial score (nSPS) is 14.3. The molecule has 3 N–H and O–H groups in total. The molecular formula is C80H156O17P2. The highest BCUT2D eigenvalue weighted by Crippen LogP contribution is 2.45. The number of esters is 4. The van der Waals surface area contributed by atoms with E-state index in [1.54, 1.807) is 0 Å². The quantitative estimate of drug-likeness (QED) is 0.0222. The molecule has 0 aromatic rings. The molecule has 0 saturated heterocycles. The van der Waals surface area contributed by atoms with Crippen LogP contribution < -0.4 is 0 Å². The van der Waals surface area contributed by atoms with Crippen LogP contribution in [0.1, 0.15) is 409 Å². The van der Waals surface area contributed by atoms with Gasteiger partial charge in [-0.3, -0.25) is 37.3 Å². The van der Waals surface area contributed by atoms with Crippen molar-refractivity contribution in [1.82, 2.24) is 0 Å². The molecule has 19 heteroatoms. The van der Waals surface area contributed by atoms with E-state index in [9.17, 15) is 43.2 Å². The predicted molar refractivity (Wildman–Crippen MR) is 404 cm³/mol. The Balaban J connectivity index is 5.11. The van der Waals surface area contributed by atoms with Gasteiger partial charge in [-0.15, -0.1) is 0 Å². The van der Waals surface area contributed by atoms with Gasteiger partial charge in [0.05, 0.1) is 26.4 Å². The van der Waals surface area contributed by atoms with Gasteiger partial charge in [0.2, 0.25) is 0 Å². The number of rotatable bonds is 77. The first-order chi connectivity index (χ1) is 47.6. The van der Waals surface area contributed by atoms with Crippen LogP contribution >= 0.6 is 15.6 Å². The Bertz CT molecular complexity index is 1940. The molecule has 0 aromatic carbocycles. The standard InChI is InChI=1S/C80H156O17P2/c1-9-73(8)59-51-43-33-29-25-21-17-12-10-11-13-18-22-26-30-34-46-54-62-79(84)96-75(66-90-77(82)60-52-44-38-36-41-49-57-71(4)5)68-94-98(86,87)92-64-74(81)65-93-99(88,89)95-69-76(67-91-78(83)61-53-45-39-37-42-50-58-72(6)7)97-80(85)63-55-47-35-31-27-23-19-15-14-16-20-24-28-32-40-48-56-70(2)3/h70-76,81H,9-69H2,1-8H3,(H,86,87)(H,88,89)/t73?,74?,75-,76-/m1/s1. The highest BCUT2D eigenvalue weighted by atomic mass is 31.2. The number of aliphatic hydroxyl groups is 1. The summed E-state index contributed by atoms with van der Waals surface area (Å²) in [4.78, 5) is 72.8. The Morgan fingerprint density at radius 1 is 0.283 bits per heavy atom. The van der Waals surface area contributed by atoms with Crippen LogP contribution in [-0.2, 0) is 65.4 Å². The zero-order chi connectivity index (χ0) is 73.1. The fraction of sp³-hybridized carbons (Fsp3) is 0.950. The van der Waals surface area contributed by atoms with Crippen LogP contribution in [0.5, 0.6) is 0 Å². The van der Waals surface area contributed by atoms with Crippen molar-refractivity contribution in [2.45, 2.75) is 427 Å². The summed E-state index contributed by atoms with van der Waals surface area (Å²) in [5.74, 6) is 0.918. The van der Waals surface area contributed by atoms with Gasteiger partial charge in [-0.2, -0.15) is 0 Å². The lowest BCUT2D eigenvalue weighted by molar-refractivity contribution is -0.161. The molecule has 0 aliphatic rings. The molecule has 0 bridgehead atoms. The fourth-order valence-corrected chi connectivity index (χ4v) is 13.8. The van der Waals surface area contributed by atoms with Crippen molar-refractivity contribution < 1.29 is 80.2 Å². The summed E-state index contributed by atoms with van der Waals surface area (Å²) >= 11 is 0. The highest BCUT2D eigenvalue weighted by Gasteiger charge is 2.30. The highest BCUT2D eigenvalue weighted by molar-refractivity contribution is 7.47. The Morgan fingerprint density at radius 3 is 0.717 bits per heavy atom. The largest absolute Gasteiger partial charge is 0.472 e. The minimum Gasteiger partial charge on any atom is -0.462 e. The average molecular weight is 1450 g/mol. The van der Waals surface area contributed by atoms with Gasteiger partial charge in [-0.1, -0.05) is 357 Å². The third kappa shape index (κ3) is 72.8. The summed E-state index contributed by atoms with van der Waals surface area (Å²) in [6.45, 7) is 14.2. The predicted octanol–water partition coefficient (Wildman–Crippen LogP) is 23.6. The number of hydrogen-bond acceptors (Lipinski definition) is 15. The van der Waals surface area contributed by atoms with E-state index in [2.05, 4.69) is 55.4 Å². The van der Waals surface area contributed by atoms with E-state index in [1.165, 1.54) is 199 Å². The van der Waals surface area contributed by atoms with E-state index in [4.69, 9.17) is 37.0 Å². The van der Waals surface area contributed by atoms with E-state index >= 15 is 0 Å². The molecule has 0 saturated carbocycles. The van der Waals surface area contributed by atoms with E-state index in [0.717, 1.165) is 115 Å². The molecule has 0 amide bonds. The first-order valence-corrected chi connectivity index (χ1v) is 44.2. The number of hydrogen-bond donors (Lipinski definition) is 3. The Kier molecular flexibility index (Phi) is 67.8. The number of carbonyl (C=O) groups excluding carboxylic acids is 4. The third-order valence-corrected chi connectivity index (χ3v) is 20.8. The summed E-state index contributed by atoms with van der Waals surface area (Å²) < 4.78 is 68.5. The topological polar surface area (TPSA) is 237 Å². The van der Waals surface area contributed by atoms with Crippen LogP contribution in [0, 0.1) is 23.7 Å². The van der Waals surface area contributed by atoms with Crippen molar-refractivity contribution in [1.29, 1.82) is 0 Å². The van der Waals surface area contributed by atoms with Crippen LogP contribution in [-0.4, -0.2) is 96.7 Å². The average Bonchev–Trinajstić information content (AvgIpc) is 0.956. The van der Waals surface area contributed by atoms with Crippen LogP contribution in [0.25, 0.3) is 0 Å². The smallest absolute Gasteiger partial charge is 0.462 e. The molecule has 0 aliphatic carbocycles. The molecule has 17 nitrogen and oxygen atoms in total. The molecule has 0 aliphatic heterocycles. The van der Waals surface area contributed by atoms with E-state index < -0.39 is 97.5 Å². The lowest BCUT2D eigenvalue weighted by Crippen LogP contribution is -2.30. The van der Waals surface area contributed by atoms with Gasteiger partial charge >= 0.3 is 39.5 Å². The van der Waals surface area contributed by atoms with E-state index in [1.807, 2.05) is 0 Å². The van der Waals surface area contributed by atoms with Gasteiger partial charge in [0.25, 0.3) is 0 Å². The lowest BCUT2D eigenvalue weighted by Gasteiger charge is -2.21. The zero-order valence-electron chi connectivity index (χ0n) is 65.1. The van der Waals surface area contributed by atoms with E-state index in [-0.39, 0.29) is 25.7 Å². The molecular weight excluding hydrogens is 1290 g/mol. The van der Waals surface area contributed by atoms with Crippen LogP contribution in [0.4, 0.5) is 0 Å². The monoisotopic (exact) mass is 1450 g/mol. The minimum absolute atomic E-state index is 0.106. The second-order valence-corrected chi connectivity index (χ2v) is 33.4. The van der Waals surface area contributed by atoms with Gasteiger partial charge in [-0.25, -0.2) is 9.13 Å². The van der Waals surface area contributed by atoms with Crippen molar-refractivity contribution in [3.05, 3.63) is 0 Å². The number of aliphatic hydroxyl groups excluding tert-OH is 1. The molecule has 588 valence electrons. The number of ether oxygens (including phenoxy) is 4. The minimum atomic E-state index is -4.96. The van der Waals surface area contributed by atoms with Gasteiger partial charge in [0.1, 0.15) is 19.3 Å². The molecule has 0 heterocycles. The SMILES string of the molecule is CCC(C)CCCCCCCCCCCCCCCCCCCCC(=O)O[C@H](COC(=O)CCCCCCCCC(C)C)COP(=O)(O)OCC(O)COP(=O)(O)OC[C@@H](COC(=O)CCCCCCCCC(C)C)OC(=O)CCCCCCCCCCCCCCCCCCC(C)C. The maximum Gasteiger partial charge on any atom is 0.472 e. The van der Waals surface area contributed by atoms with Gasteiger partial charge < -0.3 is 33.8 Å². The van der Waals surface area contributed by atoms with Crippen LogP contribution in [0.15, 0.2) is 0 Å². The van der Waals surface area contributed by atoms with Gasteiger partial charge in [0.15, 0.2) is 12.2 Å². The summed E-state index contributed by atoms with van der Waals surface area (Å²) in [5.41, 5.74) is 0. The number of unbranched alkanes of at least 4 members (excludes halogenated alkanes) is 42. The fourth-order valence-electron chi connectivity index (χ4n) is 12.2. The summed E-state index contributed by atoms with van der Waals surface area (Å²) in [6.07, 6.45) is 56.0. The van der Waals surface area contributed by atoms with Gasteiger partial charge in [-0.05, 0) is 49.4 Å². The second kappa shape index (κ2) is 69.1. The van der Waals surface area contributed by atoms with Crippen molar-refractivity contribution in [2.75, 3.05) is 39.6 Å². The molecule has 0 radical (unpaired) electrons. The zero-order valence-corrected chi connectivity index (χ0v) is 66.9. The number of phosphoric acid groups is 2. The first kappa shape index (κ1) is 97.1. The van der Waals surface area contributed by atoms with Crippen molar-refractivity contribution >= 4 is 39.5 Å². The Labute approximate surface area is 607 Å².